The van der Waals surface area contributed by atoms with Crippen LogP contribution in [-0.4, -0.2) is 23.1 Å². The molecule has 152 valence electrons. The highest BCUT2D eigenvalue weighted by atomic mass is 16.5. The van der Waals surface area contributed by atoms with E-state index in [-0.39, 0.29) is 5.57 Å². The summed E-state index contributed by atoms with van der Waals surface area (Å²) in [7, 11) is 0. The Morgan fingerprint density at radius 2 is 1.97 bits per heavy atom. The molecule has 6 heteroatoms. The van der Waals surface area contributed by atoms with E-state index in [1.165, 1.54) is 6.08 Å². The maximum Gasteiger partial charge on any atom is 0.349 e. The molecule has 1 amide bonds. The van der Waals surface area contributed by atoms with E-state index in [0.29, 0.717) is 5.69 Å². The molecule has 0 bridgehead atoms. The molecule has 0 atom stereocenters. The first-order chi connectivity index (χ1) is 13.8. The van der Waals surface area contributed by atoms with E-state index in [9.17, 15) is 14.9 Å². The van der Waals surface area contributed by atoms with Crippen LogP contribution in [0.3, 0.4) is 0 Å². The smallest absolute Gasteiger partial charge is 0.349 e. The minimum Gasteiger partial charge on any atom is -0.451 e. The van der Waals surface area contributed by atoms with Gasteiger partial charge in [0.05, 0.1) is 0 Å². The summed E-state index contributed by atoms with van der Waals surface area (Å²) in [6.07, 6.45) is 2.50. The number of carbonyl (C=O) groups excluding carboxylic acids is 2. The van der Waals surface area contributed by atoms with Crippen molar-refractivity contribution in [2.24, 2.45) is 0 Å². The average molecular weight is 393 g/mol. The molecule has 1 N–H and O–H groups in total. The first kappa shape index (κ1) is 22.0. The predicted molar refractivity (Wildman–Crippen MR) is 113 cm³/mol. The van der Waals surface area contributed by atoms with E-state index in [1.807, 2.05) is 52.0 Å². The second kappa shape index (κ2) is 9.74. The lowest BCUT2D eigenvalue weighted by molar-refractivity contribution is -0.142. The number of hydrogen-bond acceptors (Lipinski definition) is 4. The first-order valence-electron chi connectivity index (χ1n) is 9.60. The minimum atomic E-state index is -0.816. The molecule has 0 spiro atoms. The van der Waals surface area contributed by atoms with Crippen LogP contribution in [0.25, 0.3) is 6.08 Å². The summed E-state index contributed by atoms with van der Waals surface area (Å²) in [5.74, 6) is -1.27. The number of ether oxygens (including phenoxy) is 1. The van der Waals surface area contributed by atoms with E-state index in [4.69, 9.17) is 4.74 Å². The lowest BCUT2D eigenvalue weighted by Crippen LogP contribution is -2.22. The van der Waals surface area contributed by atoms with Crippen molar-refractivity contribution in [3.8, 4) is 6.07 Å². The Hall–Kier alpha value is -3.33. The molecule has 6 nitrogen and oxygen atoms in total. The zero-order chi connectivity index (χ0) is 21.6. The fraction of sp³-hybridized carbons (Fsp3) is 0.348. The van der Waals surface area contributed by atoms with Crippen molar-refractivity contribution in [1.29, 1.82) is 5.26 Å². The number of nitriles is 1. The Kier molecular flexibility index (Phi) is 7.38. The second-order valence-electron chi connectivity index (χ2n) is 7.02. The van der Waals surface area contributed by atoms with Crippen molar-refractivity contribution in [2.75, 3.05) is 11.9 Å². The molecular weight excluding hydrogens is 366 g/mol. The molecule has 0 aliphatic rings. The van der Waals surface area contributed by atoms with Crippen LogP contribution in [0.5, 0.6) is 0 Å². The van der Waals surface area contributed by atoms with Crippen LogP contribution in [0, 0.1) is 39.0 Å². The van der Waals surface area contributed by atoms with Crippen LogP contribution in [0.4, 0.5) is 5.69 Å². The fourth-order valence-electron chi connectivity index (χ4n) is 3.12. The van der Waals surface area contributed by atoms with Crippen LogP contribution >= 0.6 is 0 Å². The summed E-state index contributed by atoms with van der Waals surface area (Å²) in [6.45, 7) is 10.3. The van der Waals surface area contributed by atoms with Gasteiger partial charge in [-0.25, -0.2) is 4.79 Å². The summed E-state index contributed by atoms with van der Waals surface area (Å²) in [5, 5.41) is 12.1. The highest BCUT2D eigenvalue weighted by Crippen LogP contribution is 2.20. The average Bonchev–Trinajstić information content (AvgIpc) is 2.95. The number of esters is 1. The van der Waals surface area contributed by atoms with Crippen LogP contribution < -0.4 is 5.32 Å². The van der Waals surface area contributed by atoms with Gasteiger partial charge in [-0.3, -0.25) is 4.79 Å². The molecule has 1 aromatic heterocycles. The number of aromatic nitrogens is 1. The normalized spacial score (nSPS) is 11.1. The van der Waals surface area contributed by atoms with Crippen molar-refractivity contribution in [1.82, 2.24) is 4.57 Å². The van der Waals surface area contributed by atoms with Gasteiger partial charge in [0.15, 0.2) is 6.61 Å². The van der Waals surface area contributed by atoms with Crippen LogP contribution in [0.2, 0.25) is 0 Å². The summed E-state index contributed by atoms with van der Waals surface area (Å²) >= 11 is 0. The first-order valence-corrected chi connectivity index (χ1v) is 9.60. The van der Waals surface area contributed by atoms with Gasteiger partial charge in [0.1, 0.15) is 11.6 Å². The molecule has 0 aliphatic carbocycles. The molecular formula is C23H27N3O3. The van der Waals surface area contributed by atoms with Gasteiger partial charge in [-0.2, -0.15) is 5.26 Å². The Morgan fingerprint density at radius 3 is 2.62 bits per heavy atom. The number of carbonyl (C=O) groups is 2. The van der Waals surface area contributed by atoms with E-state index in [0.717, 1.165) is 41.0 Å². The topological polar surface area (TPSA) is 84.1 Å². The standard InChI is InChI=1S/C23H27N3O3/c1-6-10-26-16(3)11-19(18(26)5)12-20(13-24)23(28)29-14-22(27)25-21-9-7-8-15(2)17(21)4/h7-9,11-12H,6,10,14H2,1-5H3,(H,25,27)/b20-12+. The number of rotatable bonds is 7. The Morgan fingerprint density at radius 1 is 1.24 bits per heavy atom. The van der Waals surface area contributed by atoms with Crippen molar-refractivity contribution >= 4 is 23.6 Å². The lowest BCUT2D eigenvalue weighted by atomic mass is 10.1. The third-order valence-corrected chi connectivity index (χ3v) is 4.91. The van der Waals surface area contributed by atoms with E-state index in [2.05, 4.69) is 16.8 Å². The van der Waals surface area contributed by atoms with Gasteiger partial charge in [-0.1, -0.05) is 19.1 Å². The number of anilines is 1. The number of benzene rings is 1. The summed E-state index contributed by atoms with van der Waals surface area (Å²) < 4.78 is 7.19. The number of hydrogen-bond donors (Lipinski definition) is 1. The number of nitrogens with zero attached hydrogens (tertiary/aromatic N) is 2. The van der Waals surface area contributed by atoms with E-state index < -0.39 is 18.5 Å². The molecule has 0 saturated heterocycles. The van der Waals surface area contributed by atoms with Gasteiger partial charge >= 0.3 is 5.97 Å². The molecule has 0 saturated carbocycles. The van der Waals surface area contributed by atoms with Crippen molar-refractivity contribution in [3.63, 3.8) is 0 Å². The van der Waals surface area contributed by atoms with Crippen molar-refractivity contribution in [3.05, 3.63) is 57.9 Å². The Balaban J connectivity index is 2.06. The summed E-state index contributed by atoms with van der Waals surface area (Å²) in [6, 6.07) is 9.39. The molecule has 2 aromatic rings. The van der Waals surface area contributed by atoms with Crippen molar-refractivity contribution in [2.45, 2.75) is 47.6 Å². The maximum atomic E-state index is 12.3. The maximum absolute atomic E-state index is 12.3. The van der Waals surface area contributed by atoms with Gasteiger partial charge in [-0.15, -0.1) is 0 Å². The van der Waals surface area contributed by atoms with Crippen LogP contribution in [0.1, 0.15) is 41.4 Å². The van der Waals surface area contributed by atoms with E-state index in [1.54, 1.807) is 6.07 Å². The van der Waals surface area contributed by atoms with Gasteiger partial charge in [0.2, 0.25) is 0 Å². The van der Waals surface area contributed by atoms with Gasteiger partial charge < -0.3 is 14.6 Å². The van der Waals surface area contributed by atoms with Crippen LogP contribution in [0.15, 0.2) is 29.8 Å². The zero-order valence-electron chi connectivity index (χ0n) is 17.6. The highest BCUT2D eigenvalue weighted by molar-refractivity contribution is 6.00. The molecule has 29 heavy (non-hydrogen) atoms. The molecule has 1 aromatic carbocycles. The summed E-state index contributed by atoms with van der Waals surface area (Å²) in [4.78, 5) is 24.4. The lowest BCUT2D eigenvalue weighted by Gasteiger charge is -2.10. The molecule has 0 fully saturated rings. The third kappa shape index (κ3) is 5.35. The number of aryl methyl sites for hydroxylation is 2. The number of amides is 1. The second-order valence-corrected chi connectivity index (χ2v) is 7.02. The van der Waals surface area contributed by atoms with Gasteiger partial charge in [0.25, 0.3) is 5.91 Å². The summed E-state index contributed by atoms with van der Waals surface area (Å²) in [5.41, 5.74) is 5.38. The fourth-order valence-corrected chi connectivity index (χ4v) is 3.12. The molecule has 1 heterocycles. The van der Waals surface area contributed by atoms with E-state index >= 15 is 0 Å². The molecule has 0 aliphatic heterocycles. The van der Waals surface area contributed by atoms with Gasteiger partial charge in [0, 0.05) is 23.6 Å². The molecule has 2 rings (SSSR count). The largest absolute Gasteiger partial charge is 0.451 e. The minimum absolute atomic E-state index is 0.138. The molecule has 0 unspecified atom stereocenters. The van der Waals surface area contributed by atoms with Crippen molar-refractivity contribution < 1.29 is 14.3 Å². The van der Waals surface area contributed by atoms with Gasteiger partial charge in [-0.05, 0) is 69.0 Å². The van der Waals surface area contributed by atoms with Crippen LogP contribution in [-0.2, 0) is 20.9 Å². The quantitative estimate of drug-likeness (QED) is 0.434. The number of nitrogens with one attached hydrogen (secondary N) is 1. The SMILES string of the molecule is CCCn1c(C)cc(/C=C(\C#N)C(=O)OCC(=O)Nc2cccc(C)c2C)c1C. The Labute approximate surface area is 171 Å². The predicted octanol–water partition coefficient (Wildman–Crippen LogP) is 4.22. The third-order valence-electron chi connectivity index (χ3n) is 4.91. The highest BCUT2D eigenvalue weighted by Gasteiger charge is 2.16. The monoisotopic (exact) mass is 393 g/mol. The molecule has 0 radical (unpaired) electrons. The zero-order valence-corrected chi connectivity index (χ0v) is 17.6. The Bertz CT molecular complexity index is 994.